The molecule has 1 rings (SSSR count). The van der Waals surface area contributed by atoms with Crippen LogP contribution in [0.5, 0.6) is 0 Å². The van der Waals surface area contributed by atoms with Gasteiger partial charge in [-0.05, 0) is 6.92 Å². The zero-order valence-electron chi connectivity index (χ0n) is 7.63. The Labute approximate surface area is 68.4 Å². The van der Waals surface area contributed by atoms with Crippen LogP contribution >= 0.6 is 0 Å². The fourth-order valence-electron chi connectivity index (χ4n) is 0.797. The Bertz CT molecular complexity index is 236. The first-order valence-electron chi connectivity index (χ1n) is 3.94. The van der Waals surface area contributed by atoms with Gasteiger partial charge in [-0.2, -0.15) is 0 Å². The van der Waals surface area contributed by atoms with E-state index in [2.05, 4.69) is 43.1 Å². The van der Waals surface area contributed by atoms with E-state index < -0.39 is 8.07 Å². The van der Waals surface area contributed by atoms with E-state index in [1.165, 1.54) is 5.32 Å². The van der Waals surface area contributed by atoms with E-state index in [4.69, 9.17) is 0 Å². The smallest absolute Gasteiger partial charge is 0.106 e. The molecule has 0 atom stereocenters. The third kappa shape index (κ3) is 1.89. The molecule has 0 spiro atoms. The lowest BCUT2D eigenvalue weighted by Crippen LogP contribution is -2.38. The van der Waals surface area contributed by atoms with Crippen LogP contribution < -0.4 is 5.32 Å². The van der Waals surface area contributed by atoms with Crippen LogP contribution in [0.4, 0.5) is 0 Å². The predicted octanol–water partition coefficient (Wildman–Crippen LogP) is 0.843. The number of hydrogen-bond acceptors (Lipinski definition) is 2. The summed E-state index contributed by atoms with van der Waals surface area (Å²) in [6.07, 6.45) is 2.06. The van der Waals surface area contributed by atoms with Crippen LogP contribution in [0.1, 0.15) is 6.92 Å². The van der Waals surface area contributed by atoms with E-state index in [0.29, 0.717) is 0 Å². The molecule has 1 heterocycles. The van der Waals surface area contributed by atoms with Gasteiger partial charge in [0, 0.05) is 12.7 Å². The van der Waals surface area contributed by atoms with Gasteiger partial charge in [0.15, 0.2) is 0 Å². The van der Waals surface area contributed by atoms with Gasteiger partial charge >= 0.3 is 0 Å². The average molecular weight is 169 g/mol. The normalized spacial score (nSPS) is 12.0. The van der Waals surface area contributed by atoms with E-state index in [1.54, 1.807) is 0 Å². The minimum Gasteiger partial charge on any atom is -0.253 e. The summed E-state index contributed by atoms with van der Waals surface area (Å²) in [6, 6.07) is 0. The highest BCUT2D eigenvalue weighted by molar-refractivity contribution is 6.88. The zero-order chi connectivity index (χ0) is 8.48. The van der Waals surface area contributed by atoms with Crippen molar-refractivity contribution in [3.63, 3.8) is 0 Å². The molecular formula is C7H15N3Si. The lowest BCUT2D eigenvalue weighted by atomic mass is 10.7. The molecule has 0 unspecified atom stereocenters. The summed E-state index contributed by atoms with van der Waals surface area (Å²) in [5.74, 6) is 0. The minimum atomic E-state index is -1.22. The number of nitrogens with zero attached hydrogens (tertiary/aromatic N) is 3. The molecule has 0 radical (unpaired) electrons. The highest BCUT2D eigenvalue weighted by atomic mass is 28.3. The number of rotatable bonds is 2. The van der Waals surface area contributed by atoms with Gasteiger partial charge in [0.25, 0.3) is 0 Å². The summed E-state index contributed by atoms with van der Waals surface area (Å²) >= 11 is 0. The van der Waals surface area contributed by atoms with Crippen molar-refractivity contribution < 1.29 is 0 Å². The lowest BCUT2D eigenvalue weighted by molar-refractivity contribution is 0.627. The maximum atomic E-state index is 4.13. The second kappa shape index (κ2) is 2.77. The van der Waals surface area contributed by atoms with Crippen molar-refractivity contribution in [2.75, 3.05) is 0 Å². The topological polar surface area (TPSA) is 30.7 Å². The summed E-state index contributed by atoms with van der Waals surface area (Å²) in [6.45, 7) is 9.81. The van der Waals surface area contributed by atoms with Crippen LogP contribution in [0.15, 0.2) is 6.20 Å². The second-order valence-corrected chi connectivity index (χ2v) is 8.72. The molecule has 1 aromatic rings. The van der Waals surface area contributed by atoms with Gasteiger partial charge in [0.2, 0.25) is 0 Å². The molecule has 0 aliphatic carbocycles. The molecule has 0 aliphatic heterocycles. The van der Waals surface area contributed by atoms with Crippen LogP contribution in [-0.2, 0) is 6.54 Å². The summed E-state index contributed by atoms with van der Waals surface area (Å²) in [5.41, 5.74) is 0. The van der Waals surface area contributed by atoms with Crippen LogP contribution in [0.25, 0.3) is 0 Å². The van der Waals surface area contributed by atoms with Gasteiger partial charge < -0.3 is 0 Å². The maximum absolute atomic E-state index is 4.13. The van der Waals surface area contributed by atoms with Crippen molar-refractivity contribution in [2.45, 2.75) is 33.1 Å². The number of hydrogen-bond donors (Lipinski definition) is 0. The monoisotopic (exact) mass is 169 g/mol. The van der Waals surface area contributed by atoms with Gasteiger partial charge in [-0.3, -0.25) is 4.68 Å². The second-order valence-electron chi connectivity index (χ2n) is 3.71. The Morgan fingerprint density at radius 1 is 1.45 bits per heavy atom. The van der Waals surface area contributed by atoms with Crippen molar-refractivity contribution in [3.05, 3.63) is 6.20 Å². The van der Waals surface area contributed by atoms with Crippen molar-refractivity contribution >= 4 is 13.4 Å². The first-order chi connectivity index (χ1) is 5.04. The highest BCUT2D eigenvalue weighted by Crippen LogP contribution is 1.98. The van der Waals surface area contributed by atoms with Gasteiger partial charge in [-0.1, -0.05) is 24.9 Å². The Kier molecular flexibility index (Phi) is 2.13. The van der Waals surface area contributed by atoms with Crippen LogP contribution in [0.2, 0.25) is 19.6 Å². The molecule has 0 saturated heterocycles. The molecule has 0 aliphatic rings. The molecule has 0 N–H and O–H groups in total. The average Bonchev–Trinajstić information content (AvgIpc) is 2.32. The van der Waals surface area contributed by atoms with Gasteiger partial charge in [0.05, 0.1) is 5.32 Å². The third-order valence-corrected chi connectivity index (χ3v) is 3.40. The highest BCUT2D eigenvalue weighted by Gasteiger charge is 2.19. The van der Waals surface area contributed by atoms with Gasteiger partial charge in [-0.25, -0.2) is 0 Å². The van der Waals surface area contributed by atoms with Crippen LogP contribution in [0, 0.1) is 0 Å². The van der Waals surface area contributed by atoms with E-state index >= 15 is 0 Å². The summed E-state index contributed by atoms with van der Waals surface area (Å²) < 4.78 is 1.88. The Balaban J connectivity index is 2.89. The molecule has 0 amide bonds. The lowest BCUT2D eigenvalue weighted by Gasteiger charge is -2.09. The van der Waals surface area contributed by atoms with Crippen LogP contribution in [0.3, 0.4) is 0 Å². The first-order valence-corrected chi connectivity index (χ1v) is 7.44. The third-order valence-electron chi connectivity index (χ3n) is 1.63. The fourth-order valence-corrected chi connectivity index (χ4v) is 1.68. The minimum absolute atomic E-state index is 0.914. The molecule has 62 valence electrons. The maximum Gasteiger partial charge on any atom is 0.106 e. The van der Waals surface area contributed by atoms with Crippen LogP contribution in [-0.4, -0.2) is 23.1 Å². The van der Waals surface area contributed by atoms with Gasteiger partial charge in [-0.15, -0.1) is 5.10 Å². The van der Waals surface area contributed by atoms with E-state index in [1.807, 2.05) is 4.68 Å². The molecule has 0 bridgehead atoms. The predicted molar refractivity (Wildman–Crippen MR) is 48.7 cm³/mol. The van der Waals surface area contributed by atoms with Crippen molar-refractivity contribution in [3.8, 4) is 0 Å². The number of aryl methyl sites for hydroxylation is 1. The molecule has 3 nitrogen and oxygen atoms in total. The van der Waals surface area contributed by atoms with Gasteiger partial charge in [0.1, 0.15) is 8.07 Å². The molecule has 0 fully saturated rings. The van der Waals surface area contributed by atoms with Crippen molar-refractivity contribution in [2.24, 2.45) is 0 Å². The molecule has 0 saturated carbocycles. The Morgan fingerprint density at radius 3 is 2.36 bits per heavy atom. The summed E-state index contributed by atoms with van der Waals surface area (Å²) in [5, 5.41) is 9.33. The standard InChI is InChI=1S/C7H15N3Si/c1-5-10-6-7(8-9-10)11(2,3)4/h6H,5H2,1-4H3. The first kappa shape index (κ1) is 8.45. The SMILES string of the molecule is CCn1cc([Si](C)(C)C)nn1. The fraction of sp³-hybridized carbons (Fsp3) is 0.714. The summed E-state index contributed by atoms with van der Waals surface area (Å²) in [4.78, 5) is 0. The molecular weight excluding hydrogens is 154 g/mol. The molecule has 4 heteroatoms. The van der Waals surface area contributed by atoms with Crippen molar-refractivity contribution in [1.82, 2.24) is 15.0 Å². The Hall–Kier alpha value is -0.643. The van der Waals surface area contributed by atoms with E-state index in [0.717, 1.165) is 6.54 Å². The summed E-state index contributed by atoms with van der Waals surface area (Å²) in [7, 11) is -1.22. The largest absolute Gasteiger partial charge is 0.253 e. The molecule has 0 aromatic carbocycles. The van der Waals surface area contributed by atoms with E-state index in [-0.39, 0.29) is 0 Å². The number of aromatic nitrogens is 3. The quantitative estimate of drug-likeness (QED) is 0.614. The molecule has 11 heavy (non-hydrogen) atoms. The van der Waals surface area contributed by atoms with Crippen molar-refractivity contribution in [1.29, 1.82) is 0 Å². The molecule has 1 aromatic heterocycles. The van der Waals surface area contributed by atoms with E-state index in [9.17, 15) is 0 Å². The Morgan fingerprint density at radius 2 is 2.09 bits per heavy atom. The zero-order valence-corrected chi connectivity index (χ0v) is 8.63.